The van der Waals surface area contributed by atoms with Gasteiger partial charge in [0.25, 0.3) is 5.91 Å². The largest absolute Gasteiger partial charge is 0.628 e. The summed E-state index contributed by atoms with van der Waals surface area (Å²) >= 11 is 5.60. The Morgan fingerprint density at radius 2 is 1.96 bits per heavy atom. The van der Waals surface area contributed by atoms with E-state index in [4.69, 9.17) is 16.3 Å². The van der Waals surface area contributed by atoms with Gasteiger partial charge in [0.2, 0.25) is 0 Å². The molecule has 148 valence electrons. The number of ether oxygens (including phenoxy) is 1. The number of allylic oxidation sites excluding steroid dienone is 2. The number of halogens is 2. The van der Waals surface area contributed by atoms with Crippen LogP contribution in [0.5, 0.6) is 5.75 Å². The third-order valence-electron chi connectivity index (χ3n) is 5.32. The van der Waals surface area contributed by atoms with Gasteiger partial charge in [-0.1, -0.05) is 17.7 Å². The van der Waals surface area contributed by atoms with E-state index in [1.807, 2.05) is 0 Å². The number of carbonyl (C=O) groups excluding carboxylic acids is 2. The minimum absolute atomic E-state index is 0.0141. The maximum Gasteiger partial charge on any atom is 0.306 e. The van der Waals surface area contributed by atoms with Crippen LogP contribution in [0.2, 0.25) is 5.02 Å². The van der Waals surface area contributed by atoms with Crippen molar-refractivity contribution in [2.45, 2.75) is 30.3 Å². The van der Waals surface area contributed by atoms with Gasteiger partial charge in [-0.05, 0) is 37.5 Å². The highest BCUT2D eigenvalue weighted by atomic mass is 35.5. The molecule has 1 aromatic carbocycles. The normalized spacial score (nSPS) is 29.8. The lowest BCUT2D eigenvalue weighted by atomic mass is 9.44. The van der Waals surface area contributed by atoms with Gasteiger partial charge in [0.05, 0.1) is 5.02 Å². The molecule has 0 saturated heterocycles. The molecule has 9 heteroatoms. The molecule has 3 aliphatic carbocycles. The number of quaternary nitrogens is 1. The van der Waals surface area contributed by atoms with Gasteiger partial charge in [-0.25, -0.2) is 4.39 Å². The molecule has 28 heavy (non-hydrogen) atoms. The van der Waals surface area contributed by atoms with Gasteiger partial charge in [-0.2, -0.15) is 0 Å². The summed E-state index contributed by atoms with van der Waals surface area (Å²) in [5.41, 5.74) is -0.523. The Kier molecular flexibility index (Phi) is 4.65. The Balaban J connectivity index is 1.23. The molecule has 1 unspecified atom stereocenters. The second kappa shape index (κ2) is 6.88. The molecule has 2 bridgehead atoms. The molecular formula is C19H19ClFN3O4. The molecular weight excluding hydrogens is 389 g/mol. The zero-order valence-corrected chi connectivity index (χ0v) is 15.6. The first kappa shape index (κ1) is 18.9. The van der Waals surface area contributed by atoms with Crippen LogP contribution in [-0.2, 0) is 9.59 Å². The second-order valence-electron chi connectivity index (χ2n) is 7.59. The molecule has 1 heterocycles. The van der Waals surface area contributed by atoms with Crippen molar-refractivity contribution in [3.8, 4) is 5.75 Å². The summed E-state index contributed by atoms with van der Waals surface area (Å²) in [5, 5.41) is 17.4. The first-order valence-corrected chi connectivity index (χ1v) is 9.29. The van der Waals surface area contributed by atoms with E-state index >= 15 is 0 Å². The van der Waals surface area contributed by atoms with Crippen molar-refractivity contribution in [1.29, 1.82) is 0 Å². The van der Waals surface area contributed by atoms with Crippen molar-refractivity contribution >= 4 is 23.4 Å². The number of hydrogen-bond donors (Lipinski definition) is 3. The fourth-order valence-electron chi connectivity index (χ4n) is 4.15. The number of rotatable bonds is 6. The van der Waals surface area contributed by atoms with Gasteiger partial charge in [-0.3, -0.25) is 9.59 Å². The highest BCUT2D eigenvalue weighted by Crippen LogP contribution is 2.60. The second-order valence-corrected chi connectivity index (χ2v) is 8.00. The molecule has 3 saturated carbocycles. The van der Waals surface area contributed by atoms with E-state index in [-0.39, 0.29) is 57.6 Å². The maximum atomic E-state index is 13.4. The summed E-state index contributed by atoms with van der Waals surface area (Å²) < 4.78 is 18.7. The SMILES string of the molecule is O=C(COc1ccc(Cl)c(F)c1)NC12CC(NC(=O)C3=CC=CC[NH+]3[O-])(C1)C2. The van der Waals surface area contributed by atoms with E-state index in [9.17, 15) is 19.2 Å². The molecule has 7 nitrogen and oxygen atoms in total. The molecule has 2 amide bonds. The molecule has 3 fully saturated rings. The molecule has 1 aliphatic heterocycles. The van der Waals surface area contributed by atoms with Gasteiger partial charge >= 0.3 is 5.91 Å². The predicted molar refractivity (Wildman–Crippen MR) is 98.9 cm³/mol. The molecule has 1 aromatic rings. The minimum atomic E-state index is -0.612. The van der Waals surface area contributed by atoms with E-state index < -0.39 is 5.82 Å². The van der Waals surface area contributed by atoms with E-state index in [0.717, 1.165) is 6.07 Å². The van der Waals surface area contributed by atoms with Gasteiger partial charge < -0.3 is 25.6 Å². The molecule has 1 atom stereocenters. The zero-order chi connectivity index (χ0) is 19.9. The Morgan fingerprint density at radius 3 is 2.64 bits per heavy atom. The van der Waals surface area contributed by atoms with Crippen LogP contribution in [-0.4, -0.2) is 36.0 Å². The fourth-order valence-corrected chi connectivity index (χ4v) is 4.27. The third-order valence-corrected chi connectivity index (χ3v) is 5.63. The summed E-state index contributed by atoms with van der Waals surface area (Å²) in [4.78, 5) is 24.4. The van der Waals surface area contributed by atoms with Crippen molar-refractivity contribution in [3.05, 3.63) is 58.2 Å². The van der Waals surface area contributed by atoms with Crippen molar-refractivity contribution in [3.63, 3.8) is 0 Å². The Morgan fingerprint density at radius 1 is 1.25 bits per heavy atom. The van der Waals surface area contributed by atoms with Gasteiger partial charge in [-0.15, -0.1) is 0 Å². The van der Waals surface area contributed by atoms with Crippen molar-refractivity contribution in [1.82, 2.24) is 10.6 Å². The van der Waals surface area contributed by atoms with E-state index in [0.29, 0.717) is 19.3 Å². The standard InChI is InChI=1S/C19H19ClFN3O4/c20-13-5-4-12(7-14(13)21)28-8-16(25)22-18-9-19(10-18,11-18)23-17(26)15-3-1-2-6-24(15)27/h1-5,7,24H,6,8-11H2,(H,22,25)(H,23,26). The average Bonchev–Trinajstić information content (AvgIpc) is 2.60. The van der Waals surface area contributed by atoms with Crippen LogP contribution in [0.4, 0.5) is 4.39 Å². The molecule has 0 aromatic heterocycles. The molecule has 4 aliphatic rings. The summed E-state index contributed by atoms with van der Waals surface area (Å²) in [5.74, 6) is -1.07. The summed E-state index contributed by atoms with van der Waals surface area (Å²) in [6.07, 6.45) is 6.79. The Bertz CT molecular complexity index is 881. The number of benzene rings is 1. The van der Waals surface area contributed by atoms with E-state index in [1.165, 1.54) is 18.2 Å². The predicted octanol–water partition coefficient (Wildman–Crippen LogP) is 0.602. The monoisotopic (exact) mass is 407 g/mol. The Hall–Kier alpha value is -2.42. The van der Waals surface area contributed by atoms with Crippen LogP contribution >= 0.6 is 11.6 Å². The Labute approximate surface area is 165 Å². The van der Waals surface area contributed by atoms with Gasteiger partial charge in [0.15, 0.2) is 12.3 Å². The lowest BCUT2D eigenvalue weighted by Crippen LogP contribution is -3.06. The van der Waals surface area contributed by atoms with E-state index in [1.54, 1.807) is 12.2 Å². The average molecular weight is 408 g/mol. The van der Waals surface area contributed by atoms with Gasteiger partial charge in [0, 0.05) is 23.2 Å². The van der Waals surface area contributed by atoms with Crippen LogP contribution in [0, 0.1) is 11.0 Å². The zero-order valence-electron chi connectivity index (χ0n) is 14.9. The quantitative estimate of drug-likeness (QED) is 0.602. The van der Waals surface area contributed by atoms with Crippen molar-refractivity contribution in [2.75, 3.05) is 13.2 Å². The van der Waals surface area contributed by atoms with E-state index in [2.05, 4.69) is 10.6 Å². The molecule has 5 rings (SSSR count). The van der Waals surface area contributed by atoms with Gasteiger partial charge in [0.1, 0.15) is 18.1 Å². The summed E-state index contributed by atoms with van der Waals surface area (Å²) in [6, 6.07) is 3.97. The first-order valence-electron chi connectivity index (χ1n) is 8.91. The lowest BCUT2D eigenvalue weighted by molar-refractivity contribution is -0.795. The highest BCUT2D eigenvalue weighted by molar-refractivity contribution is 6.30. The third kappa shape index (κ3) is 3.50. The van der Waals surface area contributed by atoms with Crippen molar-refractivity contribution in [2.24, 2.45) is 0 Å². The molecule has 3 N–H and O–H groups in total. The maximum absolute atomic E-state index is 13.4. The number of nitrogens with one attached hydrogen (secondary N) is 3. The number of carbonyl (C=O) groups is 2. The lowest BCUT2D eigenvalue weighted by Gasteiger charge is -2.70. The fraction of sp³-hybridized carbons (Fsp3) is 0.368. The summed E-state index contributed by atoms with van der Waals surface area (Å²) in [7, 11) is 0. The first-order chi connectivity index (χ1) is 13.3. The number of hydroxylamine groups is 2. The number of amides is 2. The number of hydrogen-bond acceptors (Lipinski definition) is 4. The smallest absolute Gasteiger partial charge is 0.306 e. The van der Waals surface area contributed by atoms with Crippen LogP contribution in [0.25, 0.3) is 0 Å². The van der Waals surface area contributed by atoms with Crippen LogP contribution in [0.15, 0.2) is 42.1 Å². The molecule has 0 spiro atoms. The highest BCUT2D eigenvalue weighted by Gasteiger charge is 2.69. The molecule has 0 radical (unpaired) electrons. The van der Waals surface area contributed by atoms with Crippen LogP contribution in [0.1, 0.15) is 19.3 Å². The topological polar surface area (TPSA) is 94.9 Å². The van der Waals surface area contributed by atoms with Crippen LogP contribution in [0.3, 0.4) is 0 Å². The summed E-state index contributed by atoms with van der Waals surface area (Å²) in [6.45, 7) is -0.000326. The minimum Gasteiger partial charge on any atom is -0.628 e. The van der Waals surface area contributed by atoms with Crippen molar-refractivity contribution < 1.29 is 23.8 Å². The van der Waals surface area contributed by atoms with Crippen LogP contribution < -0.4 is 20.4 Å².